The maximum absolute atomic E-state index is 11.9. The Hall–Kier alpha value is -2.82. The predicted molar refractivity (Wildman–Crippen MR) is 103 cm³/mol. The van der Waals surface area contributed by atoms with E-state index in [1.54, 1.807) is 7.05 Å². The average Bonchev–Trinajstić information content (AvgIpc) is 2.66. The molecule has 5 nitrogen and oxygen atoms in total. The van der Waals surface area contributed by atoms with Gasteiger partial charge in [0.25, 0.3) is 5.91 Å². The van der Waals surface area contributed by atoms with Gasteiger partial charge in [-0.2, -0.15) is 0 Å². The fourth-order valence-electron chi connectivity index (χ4n) is 2.50. The monoisotopic (exact) mass is 338 g/mol. The Morgan fingerprint density at radius 3 is 2.52 bits per heavy atom. The number of nitrogens with zero attached hydrogens (tertiary/aromatic N) is 1. The summed E-state index contributed by atoms with van der Waals surface area (Å²) >= 11 is 0. The first-order valence-corrected chi connectivity index (χ1v) is 8.53. The maximum atomic E-state index is 11.9. The van der Waals surface area contributed by atoms with E-state index in [9.17, 15) is 4.79 Å². The highest BCUT2D eigenvalue weighted by Gasteiger charge is 2.08. The number of carbonyl (C=O) groups is 1. The molecule has 2 aromatic carbocycles. The summed E-state index contributed by atoms with van der Waals surface area (Å²) in [7, 11) is 1.75. The van der Waals surface area contributed by atoms with Gasteiger partial charge in [0.1, 0.15) is 0 Å². The van der Waals surface area contributed by atoms with Crippen molar-refractivity contribution in [3.8, 4) is 0 Å². The molecule has 132 valence electrons. The Morgan fingerprint density at radius 1 is 1.08 bits per heavy atom. The van der Waals surface area contributed by atoms with Gasteiger partial charge in [-0.15, -0.1) is 0 Å². The molecule has 3 N–H and O–H groups in total. The first kappa shape index (κ1) is 18.5. The van der Waals surface area contributed by atoms with Crippen LogP contribution in [0.4, 0.5) is 0 Å². The highest BCUT2D eigenvalue weighted by molar-refractivity contribution is 5.94. The molecule has 0 saturated heterocycles. The lowest BCUT2D eigenvalue weighted by molar-refractivity contribution is 0.0955. The van der Waals surface area contributed by atoms with E-state index in [4.69, 9.17) is 0 Å². The summed E-state index contributed by atoms with van der Waals surface area (Å²) in [5, 5.41) is 9.48. The molecule has 0 radical (unpaired) electrons. The quantitative estimate of drug-likeness (QED) is 0.560. The molecule has 0 bridgehead atoms. The molecule has 0 saturated carbocycles. The number of nitrogens with one attached hydrogen (secondary N) is 3. The van der Waals surface area contributed by atoms with Crippen molar-refractivity contribution >= 4 is 11.9 Å². The number of aliphatic imine (C=N–C) groups is 1. The van der Waals surface area contributed by atoms with Crippen molar-refractivity contribution in [3.63, 3.8) is 0 Å². The van der Waals surface area contributed by atoms with Crippen molar-refractivity contribution < 1.29 is 4.79 Å². The fraction of sp³-hybridized carbons (Fsp3) is 0.300. The van der Waals surface area contributed by atoms with Crippen molar-refractivity contribution in [1.82, 2.24) is 16.0 Å². The number of hydrogen-bond donors (Lipinski definition) is 3. The van der Waals surface area contributed by atoms with Crippen LogP contribution < -0.4 is 16.0 Å². The van der Waals surface area contributed by atoms with E-state index in [1.807, 2.05) is 49.4 Å². The Kier molecular flexibility index (Phi) is 7.01. The lowest BCUT2D eigenvalue weighted by Gasteiger charge is -2.18. The zero-order valence-electron chi connectivity index (χ0n) is 15.0. The largest absolute Gasteiger partial charge is 0.352 e. The van der Waals surface area contributed by atoms with Crippen LogP contribution in [-0.4, -0.2) is 25.5 Å². The third kappa shape index (κ3) is 5.64. The van der Waals surface area contributed by atoms with Crippen LogP contribution in [0.3, 0.4) is 0 Å². The van der Waals surface area contributed by atoms with E-state index in [1.165, 1.54) is 5.56 Å². The summed E-state index contributed by atoms with van der Waals surface area (Å²) in [5.74, 6) is 0.671. The summed E-state index contributed by atoms with van der Waals surface area (Å²) < 4.78 is 0. The number of rotatable bonds is 6. The molecule has 0 fully saturated rings. The molecule has 5 heteroatoms. The lowest BCUT2D eigenvalue weighted by atomic mass is 10.1. The molecule has 0 spiro atoms. The van der Waals surface area contributed by atoms with Gasteiger partial charge in [0, 0.05) is 25.7 Å². The van der Waals surface area contributed by atoms with Crippen LogP contribution in [0, 0.1) is 0 Å². The first-order chi connectivity index (χ1) is 12.1. The highest BCUT2D eigenvalue weighted by atomic mass is 16.1. The molecule has 1 unspecified atom stereocenters. The first-order valence-electron chi connectivity index (χ1n) is 8.53. The van der Waals surface area contributed by atoms with Crippen molar-refractivity contribution in [2.24, 2.45) is 4.99 Å². The predicted octanol–water partition coefficient (Wildman–Crippen LogP) is 2.86. The molecule has 0 aliphatic carbocycles. The van der Waals surface area contributed by atoms with E-state index in [2.05, 4.69) is 40.0 Å². The minimum Gasteiger partial charge on any atom is -0.352 e. The van der Waals surface area contributed by atoms with Gasteiger partial charge in [0.15, 0.2) is 5.96 Å². The van der Waals surface area contributed by atoms with Crippen molar-refractivity contribution in [3.05, 3.63) is 71.3 Å². The smallest absolute Gasteiger partial charge is 0.251 e. The molecule has 0 aliphatic heterocycles. The minimum atomic E-state index is -0.0513. The summed E-state index contributed by atoms with van der Waals surface area (Å²) in [6, 6.07) is 18.0. The van der Waals surface area contributed by atoms with Crippen molar-refractivity contribution in [1.29, 1.82) is 0 Å². The van der Waals surface area contributed by atoms with Gasteiger partial charge >= 0.3 is 0 Å². The zero-order chi connectivity index (χ0) is 18.1. The van der Waals surface area contributed by atoms with Gasteiger partial charge < -0.3 is 16.0 Å². The molecule has 1 atom stereocenters. The molecule has 25 heavy (non-hydrogen) atoms. The topological polar surface area (TPSA) is 65.5 Å². The van der Waals surface area contributed by atoms with E-state index in [0.29, 0.717) is 18.7 Å². The van der Waals surface area contributed by atoms with Gasteiger partial charge in [0.05, 0.1) is 6.04 Å². The number of benzene rings is 2. The number of guanidine groups is 1. The van der Waals surface area contributed by atoms with Gasteiger partial charge in [-0.3, -0.25) is 9.79 Å². The van der Waals surface area contributed by atoms with Crippen LogP contribution in [0.15, 0.2) is 59.6 Å². The number of amides is 1. The summed E-state index contributed by atoms with van der Waals surface area (Å²) in [4.78, 5) is 16.2. The van der Waals surface area contributed by atoms with Gasteiger partial charge in [-0.25, -0.2) is 0 Å². The Balaban J connectivity index is 1.95. The number of hydrogen-bond acceptors (Lipinski definition) is 2. The second kappa shape index (κ2) is 9.47. The van der Waals surface area contributed by atoms with Crippen LogP contribution in [0.1, 0.15) is 41.4 Å². The standard InChI is InChI=1S/C20H26N4O/c1-4-22-19(25)18-12-8-9-16(13-18)14-23-20(21-3)24-15(2)17-10-6-5-7-11-17/h5-13,15H,4,14H2,1-3H3,(H,22,25)(H2,21,23,24). The summed E-state index contributed by atoms with van der Waals surface area (Å²) in [5.41, 5.74) is 2.89. The van der Waals surface area contributed by atoms with Crippen LogP contribution in [-0.2, 0) is 6.54 Å². The molecule has 2 rings (SSSR count). The van der Waals surface area contributed by atoms with Crippen molar-refractivity contribution in [2.75, 3.05) is 13.6 Å². The third-order valence-corrected chi connectivity index (χ3v) is 3.86. The van der Waals surface area contributed by atoms with Gasteiger partial charge in [-0.1, -0.05) is 42.5 Å². The zero-order valence-corrected chi connectivity index (χ0v) is 15.0. The third-order valence-electron chi connectivity index (χ3n) is 3.86. The lowest BCUT2D eigenvalue weighted by Crippen LogP contribution is -2.38. The normalized spacial score (nSPS) is 12.4. The summed E-state index contributed by atoms with van der Waals surface area (Å²) in [6.45, 7) is 5.22. The molecule has 1 amide bonds. The molecule has 0 heterocycles. The summed E-state index contributed by atoms with van der Waals surface area (Å²) in [6.07, 6.45) is 0. The Bertz CT molecular complexity index is 713. The van der Waals surface area contributed by atoms with Crippen LogP contribution >= 0.6 is 0 Å². The number of carbonyl (C=O) groups excluding carboxylic acids is 1. The maximum Gasteiger partial charge on any atom is 0.251 e. The molecular weight excluding hydrogens is 312 g/mol. The second-order valence-corrected chi connectivity index (χ2v) is 5.76. The molecular formula is C20H26N4O. The Morgan fingerprint density at radius 2 is 1.84 bits per heavy atom. The molecule has 0 aromatic heterocycles. The second-order valence-electron chi connectivity index (χ2n) is 5.76. The van der Waals surface area contributed by atoms with Crippen LogP contribution in [0.25, 0.3) is 0 Å². The van der Waals surface area contributed by atoms with Gasteiger partial charge in [0.2, 0.25) is 0 Å². The van der Waals surface area contributed by atoms with E-state index < -0.39 is 0 Å². The average molecular weight is 338 g/mol. The molecule has 2 aromatic rings. The minimum absolute atomic E-state index is 0.0513. The SMILES string of the molecule is CCNC(=O)c1cccc(CNC(=NC)NC(C)c2ccccc2)c1. The van der Waals surface area contributed by atoms with Gasteiger partial charge in [-0.05, 0) is 37.1 Å². The van der Waals surface area contributed by atoms with Crippen LogP contribution in [0.2, 0.25) is 0 Å². The van der Waals surface area contributed by atoms with E-state index in [0.717, 1.165) is 11.5 Å². The molecule has 0 aliphatic rings. The fourth-order valence-corrected chi connectivity index (χ4v) is 2.50. The van der Waals surface area contributed by atoms with E-state index in [-0.39, 0.29) is 11.9 Å². The highest BCUT2D eigenvalue weighted by Crippen LogP contribution is 2.11. The van der Waals surface area contributed by atoms with Crippen LogP contribution in [0.5, 0.6) is 0 Å². The van der Waals surface area contributed by atoms with E-state index >= 15 is 0 Å². The van der Waals surface area contributed by atoms with Crippen molar-refractivity contribution in [2.45, 2.75) is 26.4 Å². The Labute approximate surface area is 149 Å².